The second kappa shape index (κ2) is 5.79. The number of aryl methyl sites for hydroxylation is 1. The molecule has 8 heteroatoms. The number of amides is 1. The Morgan fingerprint density at radius 3 is 2.58 bits per heavy atom. The van der Waals surface area contributed by atoms with Crippen LogP contribution >= 0.6 is 11.8 Å². The molecule has 0 unspecified atom stereocenters. The first kappa shape index (κ1) is 14.1. The van der Waals surface area contributed by atoms with Crippen molar-refractivity contribution in [1.29, 1.82) is 0 Å². The van der Waals surface area contributed by atoms with Crippen LogP contribution in [0.2, 0.25) is 0 Å². The van der Waals surface area contributed by atoms with E-state index < -0.39 is 0 Å². The first-order chi connectivity index (χ1) is 8.97. The maximum Gasteiger partial charge on any atom is 0.233 e. The zero-order valence-corrected chi connectivity index (χ0v) is 12.2. The molecule has 1 saturated heterocycles. The normalized spacial score (nSPS) is 23.6. The van der Waals surface area contributed by atoms with Crippen molar-refractivity contribution in [3.05, 3.63) is 5.82 Å². The molecule has 1 fully saturated rings. The van der Waals surface area contributed by atoms with Crippen molar-refractivity contribution in [1.82, 2.24) is 19.8 Å². The van der Waals surface area contributed by atoms with E-state index in [-0.39, 0.29) is 18.1 Å². The first-order valence-electron chi connectivity index (χ1n) is 6.20. The lowest BCUT2D eigenvalue weighted by Crippen LogP contribution is -2.48. The molecule has 0 bridgehead atoms. The monoisotopic (exact) mass is 285 g/mol. The molecule has 2 N–H and O–H groups in total. The minimum absolute atomic E-state index is 0.0765. The van der Waals surface area contributed by atoms with E-state index in [0.717, 1.165) is 0 Å². The molecule has 1 aliphatic heterocycles. The quantitative estimate of drug-likeness (QED) is 0.623. The van der Waals surface area contributed by atoms with Gasteiger partial charge in [0, 0.05) is 13.1 Å². The summed E-state index contributed by atoms with van der Waals surface area (Å²) >= 11 is 1.30. The number of hydrogen-bond donors (Lipinski definition) is 1. The second-order valence-corrected chi connectivity index (χ2v) is 5.69. The van der Waals surface area contributed by atoms with E-state index in [4.69, 9.17) is 10.6 Å². The van der Waals surface area contributed by atoms with Crippen LogP contribution in [0.15, 0.2) is 5.16 Å². The summed E-state index contributed by atoms with van der Waals surface area (Å²) in [7, 11) is 0. The highest BCUT2D eigenvalue weighted by atomic mass is 32.2. The van der Waals surface area contributed by atoms with Crippen molar-refractivity contribution < 1.29 is 9.53 Å². The highest BCUT2D eigenvalue weighted by Gasteiger charge is 2.26. The van der Waals surface area contributed by atoms with Crippen molar-refractivity contribution in [2.75, 3.05) is 24.7 Å². The van der Waals surface area contributed by atoms with Crippen molar-refractivity contribution >= 4 is 17.7 Å². The van der Waals surface area contributed by atoms with E-state index in [1.54, 1.807) is 6.92 Å². The Bertz CT molecular complexity index is 454. The highest BCUT2D eigenvalue weighted by Crippen LogP contribution is 2.17. The topological polar surface area (TPSA) is 86.3 Å². The number of morpholine rings is 1. The number of nitrogens with two attached hydrogens (primary N) is 1. The van der Waals surface area contributed by atoms with Crippen LogP contribution < -0.4 is 5.84 Å². The Balaban J connectivity index is 1.89. The molecule has 0 radical (unpaired) electrons. The number of rotatable bonds is 3. The number of nitrogens with zero attached hydrogens (tertiary/aromatic N) is 4. The summed E-state index contributed by atoms with van der Waals surface area (Å²) in [6.45, 7) is 6.99. The van der Waals surface area contributed by atoms with Crippen LogP contribution in [0.5, 0.6) is 0 Å². The zero-order chi connectivity index (χ0) is 14.0. The van der Waals surface area contributed by atoms with Crippen LogP contribution in [0.4, 0.5) is 0 Å². The second-order valence-electron chi connectivity index (χ2n) is 4.74. The molecule has 106 valence electrons. The summed E-state index contributed by atoms with van der Waals surface area (Å²) in [5.74, 6) is 6.76. The molecule has 0 aliphatic carbocycles. The van der Waals surface area contributed by atoms with Gasteiger partial charge < -0.3 is 15.5 Å². The van der Waals surface area contributed by atoms with E-state index in [1.165, 1.54) is 16.4 Å². The van der Waals surface area contributed by atoms with Crippen molar-refractivity contribution in [2.45, 2.75) is 38.1 Å². The molecule has 0 spiro atoms. The maximum atomic E-state index is 12.1. The fourth-order valence-electron chi connectivity index (χ4n) is 2.05. The lowest BCUT2D eigenvalue weighted by atomic mass is 10.2. The molecular formula is C11H19N5O2S. The first-order valence-corrected chi connectivity index (χ1v) is 7.19. The molecule has 1 aliphatic rings. The summed E-state index contributed by atoms with van der Waals surface area (Å²) in [6, 6.07) is 0. The van der Waals surface area contributed by atoms with E-state index in [1.807, 2.05) is 18.7 Å². The Kier molecular flexibility index (Phi) is 4.31. The summed E-state index contributed by atoms with van der Waals surface area (Å²) < 4.78 is 7.00. The summed E-state index contributed by atoms with van der Waals surface area (Å²) in [5, 5.41) is 8.33. The van der Waals surface area contributed by atoms with Gasteiger partial charge in [0.1, 0.15) is 5.82 Å². The van der Waals surface area contributed by atoms with Gasteiger partial charge in [-0.2, -0.15) is 0 Å². The van der Waals surface area contributed by atoms with Gasteiger partial charge in [-0.05, 0) is 20.8 Å². The molecule has 1 aromatic rings. The van der Waals surface area contributed by atoms with Crippen LogP contribution in [0.3, 0.4) is 0 Å². The Morgan fingerprint density at radius 2 is 2.05 bits per heavy atom. The number of thioether (sulfide) groups is 1. The molecule has 0 saturated carbocycles. The lowest BCUT2D eigenvalue weighted by Gasteiger charge is -2.35. The minimum atomic E-state index is 0.0765. The number of nitrogen functional groups attached to an aromatic ring is 1. The summed E-state index contributed by atoms with van der Waals surface area (Å²) in [5.41, 5.74) is 0. The minimum Gasteiger partial charge on any atom is -0.372 e. The fraction of sp³-hybridized carbons (Fsp3) is 0.727. The summed E-state index contributed by atoms with van der Waals surface area (Å²) in [6.07, 6.45) is 0.163. The molecular weight excluding hydrogens is 266 g/mol. The van der Waals surface area contributed by atoms with E-state index in [2.05, 4.69) is 10.2 Å². The standard InChI is InChI=1S/C11H19N5O2S/c1-7-4-15(5-8(2)18-7)10(17)6-19-11-14-13-9(3)16(11)12/h7-8H,4-6,12H2,1-3H3/t7-,8+. The van der Waals surface area contributed by atoms with Gasteiger partial charge in [0.2, 0.25) is 11.1 Å². The third kappa shape index (κ3) is 3.38. The predicted octanol–water partition coefficient (Wildman–Crippen LogP) is 0.0282. The molecule has 1 amide bonds. The smallest absolute Gasteiger partial charge is 0.233 e. The van der Waals surface area contributed by atoms with Crippen LogP contribution in [-0.4, -0.2) is 56.7 Å². The van der Waals surface area contributed by atoms with E-state index in [0.29, 0.717) is 29.8 Å². The van der Waals surface area contributed by atoms with Gasteiger partial charge >= 0.3 is 0 Å². The summed E-state index contributed by atoms with van der Waals surface area (Å²) in [4.78, 5) is 14.0. The Hall–Kier alpha value is -1.28. The number of ether oxygens (including phenoxy) is 1. The van der Waals surface area contributed by atoms with Gasteiger partial charge in [0.15, 0.2) is 0 Å². The van der Waals surface area contributed by atoms with Crippen molar-refractivity contribution in [3.63, 3.8) is 0 Å². The van der Waals surface area contributed by atoms with Crippen LogP contribution in [0.25, 0.3) is 0 Å². The molecule has 19 heavy (non-hydrogen) atoms. The maximum absolute atomic E-state index is 12.1. The van der Waals surface area contributed by atoms with Gasteiger partial charge in [0.25, 0.3) is 0 Å². The van der Waals surface area contributed by atoms with Gasteiger partial charge in [-0.25, -0.2) is 4.68 Å². The van der Waals surface area contributed by atoms with Crippen LogP contribution in [0, 0.1) is 6.92 Å². The van der Waals surface area contributed by atoms with Gasteiger partial charge in [-0.3, -0.25) is 4.79 Å². The van der Waals surface area contributed by atoms with Gasteiger partial charge in [0.05, 0.1) is 18.0 Å². The lowest BCUT2D eigenvalue weighted by molar-refractivity contribution is -0.140. The van der Waals surface area contributed by atoms with Gasteiger partial charge in [-0.15, -0.1) is 10.2 Å². The molecule has 2 rings (SSSR count). The fourth-order valence-corrected chi connectivity index (χ4v) is 2.85. The Labute approximate surface area is 116 Å². The third-order valence-corrected chi connectivity index (χ3v) is 3.86. The molecule has 2 heterocycles. The molecule has 1 aromatic heterocycles. The van der Waals surface area contributed by atoms with E-state index in [9.17, 15) is 4.79 Å². The van der Waals surface area contributed by atoms with Crippen molar-refractivity contribution in [2.24, 2.45) is 0 Å². The number of aromatic nitrogens is 3. The third-order valence-electron chi connectivity index (χ3n) is 2.93. The largest absolute Gasteiger partial charge is 0.372 e. The van der Waals surface area contributed by atoms with Gasteiger partial charge in [-0.1, -0.05) is 11.8 Å². The highest BCUT2D eigenvalue weighted by molar-refractivity contribution is 7.99. The average molecular weight is 285 g/mol. The Morgan fingerprint density at radius 1 is 1.42 bits per heavy atom. The zero-order valence-electron chi connectivity index (χ0n) is 11.4. The SMILES string of the molecule is Cc1nnc(SCC(=O)N2C[C@@H](C)O[C@@H](C)C2)n1N. The van der Waals surface area contributed by atoms with Crippen LogP contribution in [0.1, 0.15) is 19.7 Å². The average Bonchev–Trinajstić information content (AvgIpc) is 2.66. The van der Waals surface area contributed by atoms with Crippen LogP contribution in [-0.2, 0) is 9.53 Å². The number of carbonyl (C=O) groups is 1. The van der Waals surface area contributed by atoms with Crippen molar-refractivity contribution in [3.8, 4) is 0 Å². The van der Waals surface area contributed by atoms with E-state index >= 15 is 0 Å². The molecule has 7 nitrogen and oxygen atoms in total. The predicted molar refractivity (Wildman–Crippen MR) is 72.2 cm³/mol. The number of hydrogen-bond acceptors (Lipinski definition) is 6. The number of carbonyl (C=O) groups excluding carboxylic acids is 1. The molecule has 0 aromatic carbocycles. The molecule has 2 atom stereocenters.